The zero-order chi connectivity index (χ0) is 19.7. The third kappa shape index (κ3) is 3.10. The Morgan fingerprint density at radius 1 is 1.00 bits per heavy atom. The number of rotatable bonds is 4. The number of furan rings is 1. The van der Waals surface area contributed by atoms with Crippen molar-refractivity contribution in [3.05, 3.63) is 100 Å². The molecule has 140 valence electrons. The van der Waals surface area contributed by atoms with Gasteiger partial charge < -0.3 is 14.4 Å². The molecule has 1 unspecified atom stereocenters. The van der Waals surface area contributed by atoms with Crippen molar-refractivity contribution < 1.29 is 19.1 Å². The maximum atomic E-state index is 12.9. The number of Topliss-reactive ketones (excluding diaryl/α,β-unsaturated/α-hetero) is 1. The van der Waals surface area contributed by atoms with Crippen molar-refractivity contribution in [3.63, 3.8) is 0 Å². The molecule has 5 nitrogen and oxygen atoms in total. The van der Waals surface area contributed by atoms with Gasteiger partial charge in [-0.15, -0.1) is 0 Å². The van der Waals surface area contributed by atoms with Crippen LogP contribution in [0.3, 0.4) is 0 Å². The van der Waals surface area contributed by atoms with Gasteiger partial charge >= 0.3 is 0 Å². The second-order valence-corrected chi connectivity index (χ2v) is 6.80. The number of aliphatic hydroxyl groups excluding tert-OH is 1. The molecule has 2 aromatic carbocycles. The van der Waals surface area contributed by atoms with Crippen LogP contribution in [0.2, 0.25) is 5.02 Å². The quantitative estimate of drug-likeness (QED) is 0.401. The summed E-state index contributed by atoms with van der Waals surface area (Å²) < 4.78 is 5.36. The standard InChI is InChI=1S/C22H16ClNO4/c23-17-11-5-4-10-16(17)19-18(20(25)14-7-2-1-3-8-14)21(26)22(27)24(19)13-15-9-6-12-28-15/h1-12,19,25H,13H2/b20-18+. The zero-order valence-electron chi connectivity index (χ0n) is 14.7. The highest BCUT2D eigenvalue weighted by Gasteiger charge is 2.46. The fourth-order valence-electron chi connectivity index (χ4n) is 3.39. The highest BCUT2D eigenvalue weighted by molar-refractivity contribution is 6.46. The topological polar surface area (TPSA) is 70.8 Å². The SMILES string of the molecule is O=C1C(=O)N(Cc2ccco2)C(c2ccccc2Cl)/C1=C(\O)c1ccccc1. The van der Waals surface area contributed by atoms with Crippen LogP contribution in [0.5, 0.6) is 0 Å². The molecule has 0 saturated carbocycles. The van der Waals surface area contributed by atoms with E-state index in [1.54, 1.807) is 66.7 Å². The maximum Gasteiger partial charge on any atom is 0.296 e. The highest BCUT2D eigenvalue weighted by atomic mass is 35.5. The van der Waals surface area contributed by atoms with E-state index in [2.05, 4.69) is 0 Å². The van der Waals surface area contributed by atoms with E-state index in [1.165, 1.54) is 11.2 Å². The van der Waals surface area contributed by atoms with Gasteiger partial charge in [0.15, 0.2) is 0 Å². The molecule has 0 bridgehead atoms. The van der Waals surface area contributed by atoms with E-state index in [1.807, 2.05) is 0 Å². The Morgan fingerprint density at radius 2 is 1.71 bits per heavy atom. The third-order valence-electron chi connectivity index (χ3n) is 4.69. The zero-order valence-corrected chi connectivity index (χ0v) is 15.5. The molecule has 1 atom stereocenters. The van der Waals surface area contributed by atoms with Gasteiger partial charge in [0, 0.05) is 10.6 Å². The second-order valence-electron chi connectivity index (χ2n) is 6.39. The maximum absolute atomic E-state index is 12.9. The van der Waals surface area contributed by atoms with Crippen LogP contribution >= 0.6 is 11.6 Å². The molecule has 0 spiro atoms. The monoisotopic (exact) mass is 393 g/mol. The molecular formula is C22H16ClNO4. The molecule has 1 aromatic heterocycles. The van der Waals surface area contributed by atoms with E-state index in [0.717, 1.165) is 0 Å². The highest BCUT2D eigenvalue weighted by Crippen LogP contribution is 2.42. The van der Waals surface area contributed by atoms with Crippen molar-refractivity contribution in [1.82, 2.24) is 4.90 Å². The molecule has 1 saturated heterocycles. The smallest absolute Gasteiger partial charge is 0.296 e. The minimum Gasteiger partial charge on any atom is -0.507 e. The summed E-state index contributed by atoms with van der Waals surface area (Å²) in [6, 6.07) is 18.2. The van der Waals surface area contributed by atoms with Crippen LogP contribution < -0.4 is 0 Å². The fourth-order valence-corrected chi connectivity index (χ4v) is 3.62. The normalized spacial score (nSPS) is 18.6. The Hall–Kier alpha value is -3.31. The number of benzene rings is 2. The summed E-state index contributed by atoms with van der Waals surface area (Å²) in [4.78, 5) is 27.1. The Balaban J connectivity index is 1.90. The van der Waals surface area contributed by atoms with Crippen molar-refractivity contribution in [2.24, 2.45) is 0 Å². The Labute approximate surface area is 166 Å². The summed E-state index contributed by atoms with van der Waals surface area (Å²) >= 11 is 6.39. The summed E-state index contributed by atoms with van der Waals surface area (Å²) in [6.45, 7) is 0.0824. The number of halogens is 1. The predicted octanol–water partition coefficient (Wildman–Crippen LogP) is 4.55. The molecule has 4 rings (SSSR count). The number of carbonyl (C=O) groups excluding carboxylic acids is 2. The number of carbonyl (C=O) groups is 2. The van der Waals surface area contributed by atoms with Crippen LogP contribution in [0.25, 0.3) is 5.76 Å². The number of likely N-dealkylation sites (tertiary alicyclic amines) is 1. The van der Waals surface area contributed by atoms with Crippen LogP contribution in [0.15, 0.2) is 83.0 Å². The summed E-state index contributed by atoms with van der Waals surface area (Å²) in [5.41, 5.74) is 1.03. The lowest BCUT2D eigenvalue weighted by molar-refractivity contribution is -0.140. The number of hydrogen-bond donors (Lipinski definition) is 1. The molecule has 0 aliphatic carbocycles. The van der Waals surface area contributed by atoms with Gasteiger partial charge in [-0.2, -0.15) is 0 Å². The molecule has 1 amide bonds. The third-order valence-corrected chi connectivity index (χ3v) is 5.04. The van der Waals surface area contributed by atoms with Crippen LogP contribution in [0, 0.1) is 0 Å². The van der Waals surface area contributed by atoms with Gasteiger partial charge in [-0.3, -0.25) is 9.59 Å². The first-order valence-electron chi connectivity index (χ1n) is 8.68. The largest absolute Gasteiger partial charge is 0.507 e. The minimum atomic E-state index is -0.820. The molecule has 1 fully saturated rings. The Bertz CT molecular complexity index is 1060. The lowest BCUT2D eigenvalue weighted by atomic mass is 9.95. The van der Waals surface area contributed by atoms with E-state index in [9.17, 15) is 14.7 Å². The van der Waals surface area contributed by atoms with E-state index in [4.69, 9.17) is 16.0 Å². The van der Waals surface area contributed by atoms with Crippen molar-refractivity contribution in [2.75, 3.05) is 0 Å². The van der Waals surface area contributed by atoms with Crippen molar-refractivity contribution in [3.8, 4) is 0 Å². The van der Waals surface area contributed by atoms with Gasteiger partial charge in [0.25, 0.3) is 11.7 Å². The minimum absolute atomic E-state index is 0.0101. The first-order valence-corrected chi connectivity index (χ1v) is 9.06. The summed E-state index contributed by atoms with van der Waals surface area (Å²) in [7, 11) is 0. The number of nitrogens with zero attached hydrogens (tertiary/aromatic N) is 1. The molecule has 2 heterocycles. The number of aliphatic hydroxyl groups is 1. The molecule has 3 aromatic rings. The summed E-state index contributed by atoms with van der Waals surface area (Å²) in [5, 5.41) is 11.3. The Morgan fingerprint density at radius 3 is 2.39 bits per heavy atom. The number of ketones is 1. The van der Waals surface area contributed by atoms with Gasteiger partial charge in [-0.05, 0) is 23.8 Å². The van der Waals surface area contributed by atoms with E-state index < -0.39 is 17.7 Å². The molecule has 1 N–H and O–H groups in total. The van der Waals surface area contributed by atoms with Crippen LogP contribution in [-0.4, -0.2) is 21.7 Å². The van der Waals surface area contributed by atoms with Gasteiger partial charge in [0.05, 0.1) is 24.4 Å². The predicted molar refractivity (Wildman–Crippen MR) is 104 cm³/mol. The summed E-state index contributed by atoms with van der Waals surface area (Å²) in [6.07, 6.45) is 1.50. The van der Waals surface area contributed by atoms with Gasteiger partial charge in [-0.25, -0.2) is 0 Å². The van der Waals surface area contributed by atoms with Crippen molar-refractivity contribution in [2.45, 2.75) is 12.6 Å². The average Bonchev–Trinajstić information content (AvgIpc) is 3.31. The number of hydrogen-bond acceptors (Lipinski definition) is 4. The lowest BCUT2D eigenvalue weighted by Crippen LogP contribution is -2.29. The fraction of sp³-hybridized carbons (Fsp3) is 0.0909. The van der Waals surface area contributed by atoms with E-state index >= 15 is 0 Å². The molecular weight excluding hydrogens is 378 g/mol. The molecule has 28 heavy (non-hydrogen) atoms. The molecule has 6 heteroatoms. The van der Waals surface area contributed by atoms with E-state index in [0.29, 0.717) is 21.9 Å². The number of amides is 1. The van der Waals surface area contributed by atoms with Crippen molar-refractivity contribution in [1.29, 1.82) is 0 Å². The molecule has 0 radical (unpaired) electrons. The Kier molecular flexibility index (Phi) is 4.75. The van der Waals surface area contributed by atoms with Crippen molar-refractivity contribution >= 4 is 29.1 Å². The first-order chi connectivity index (χ1) is 13.6. The lowest BCUT2D eigenvalue weighted by Gasteiger charge is -2.25. The molecule has 1 aliphatic heterocycles. The molecule has 1 aliphatic rings. The summed E-state index contributed by atoms with van der Waals surface area (Å²) in [5.74, 6) is -1.17. The second kappa shape index (κ2) is 7.37. The average molecular weight is 394 g/mol. The first kappa shape index (κ1) is 18.1. The van der Waals surface area contributed by atoms with Crippen LogP contribution in [0.4, 0.5) is 0 Å². The van der Waals surface area contributed by atoms with Gasteiger partial charge in [0.1, 0.15) is 11.5 Å². The van der Waals surface area contributed by atoms with Gasteiger partial charge in [-0.1, -0.05) is 60.1 Å². The van der Waals surface area contributed by atoms with Crippen LogP contribution in [-0.2, 0) is 16.1 Å². The van der Waals surface area contributed by atoms with E-state index in [-0.39, 0.29) is 17.9 Å². The van der Waals surface area contributed by atoms with Crippen LogP contribution in [0.1, 0.15) is 22.9 Å². The van der Waals surface area contributed by atoms with Gasteiger partial charge in [0.2, 0.25) is 0 Å².